The van der Waals surface area contributed by atoms with Gasteiger partial charge in [0.25, 0.3) is 10.0 Å². The van der Waals surface area contributed by atoms with Crippen molar-refractivity contribution in [3.8, 4) is 0 Å². The van der Waals surface area contributed by atoms with E-state index < -0.39 is 20.9 Å². The van der Waals surface area contributed by atoms with Crippen LogP contribution in [0.15, 0.2) is 23.4 Å². The molecule has 1 N–H and O–H groups in total. The fourth-order valence-corrected chi connectivity index (χ4v) is 2.93. The van der Waals surface area contributed by atoms with E-state index in [1.165, 1.54) is 12.3 Å². The van der Waals surface area contributed by atoms with Gasteiger partial charge in [-0.25, -0.2) is 22.5 Å². The molecule has 1 rings (SSSR count). The largest absolute Gasteiger partial charge is 0.261 e. The first-order chi connectivity index (χ1) is 8.47. The molecule has 4 nitrogen and oxygen atoms in total. The Morgan fingerprint density at radius 1 is 1.44 bits per heavy atom. The van der Waals surface area contributed by atoms with Crippen LogP contribution in [0, 0.1) is 5.82 Å². The van der Waals surface area contributed by atoms with Gasteiger partial charge in [-0.3, -0.25) is 0 Å². The van der Waals surface area contributed by atoms with Gasteiger partial charge < -0.3 is 0 Å². The van der Waals surface area contributed by atoms with Crippen LogP contribution in [0.4, 0.5) is 4.39 Å². The number of aromatic nitrogens is 1. The highest BCUT2D eigenvalue weighted by atomic mass is 32.2. The number of nitrogens with one attached hydrogen (secondary N) is 1. The summed E-state index contributed by atoms with van der Waals surface area (Å²) >= 11 is 0. The molecule has 102 valence electrons. The molecule has 1 unspecified atom stereocenters. The molecule has 6 heteroatoms. The second-order valence-corrected chi connectivity index (χ2v) is 5.94. The molecule has 0 saturated heterocycles. The number of rotatable bonds is 7. The van der Waals surface area contributed by atoms with E-state index in [-0.39, 0.29) is 6.04 Å². The second kappa shape index (κ2) is 6.80. The lowest BCUT2D eigenvalue weighted by Gasteiger charge is -2.13. The summed E-state index contributed by atoms with van der Waals surface area (Å²) in [4.78, 5) is 3.57. The molecule has 0 radical (unpaired) electrons. The normalized spacial score (nSPS) is 13.5. The van der Waals surface area contributed by atoms with Crippen LogP contribution < -0.4 is 4.72 Å². The van der Waals surface area contributed by atoms with Crippen LogP contribution in [0.5, 0.6) is 0 Å². The van der Waals surface area contributed by atoms with E-state index in [1.54, 1.807) is 6.92 Å². The van der Waals surface area contributed by atoms with E-state index >= 15 is 0 Å². The zero-order valence-electron chi connectivity index (χ0n) is 10.7. The number of halogens is 1. The Kier molecular flexibility index (Phi) is 5.68. The third-order valence-corrected chi connectivity index (χ3v) is 4.10. The summed E-state index contributed by atoms with van der Waals surface area (Å²) in [6, 6.07) is 2.23. The zero-order valence-corrected chi connectivity index (χ0v) is 11.5. The Balaban J connectivity index is 2.68. The van der Waals surface area contributed by atoms with Crippen LogP contribution >= 0.6 is 0 Å². The predicted octanol–water partition coefficient (Wildman–Crippen LogP) is 2.47. The number of hydrogen-bond donors (Lipinski definition) is 1. The van der Waals surface area contributed by atoms with Gasteiger partial charge in [0, 0.05) is 12.2 Å². The lowest BCUT2D eigenvalue weighted by Crippen LogP contribution is -2.33. The molecule has 0 aliphatic carbocycles. The average Bonchev–Trinajstić information content (AvgIpc) is 2.29. The minimum atomic E-state index is -3.86. The van der Waals surface area contributed by atoms with E-state index in [0.29, 0.717) is 0 Å². The summed E-state index contributed by atoms with van der Waals surface area (Å²) in [6.07, 6.45) is 5.09. The third-order valence-electron chi connectivity index (χ3n) is 2.58. The lowest BCUT2D eigenvalue weighted by atomic mass is 10.1. The third kappa shape index (κ3) is 4.34. The van der Waals surface area contributed by atoms with Crippen molar-refractivity contribution in [2.24, 2.45) is 0 Å². The molecular formula is C12H19FN2O2S. The summed E-state index contributed by atoms with van der Waals surface area (Å²) < 4.78 is 39.6. The fraction of sp³-hybridized carbons (Fsp3) is 0.583. The van der Waals surface area contributed by atoms with Gasteiger partial charge in [-0.15, -0.1) is 0 Å². The molecule has 0 bridgehead atoms. The molecule has 1 atom stereocenters. The monoisotopic (exact) mass is 274 g/mol. The topological polar surface area (TPSA) is 59.1 Å². The van der Waals surface area contributed by atoms with Crippen LogP contribution in [-0.2, 0) is 10.0 Å². The van der Waals surface area contributed by atoms with Crippen molar-refractivity contribution >= 4 is 10.0 Å². The van der Waals surface area contributed by atoms with Gasteiger partial charge in [0.05, 0.1) is 0 Å². The number of nitrogens with zero attached hydrogens (tertiary/aromatic N) is 1. The first kappa shape index (κ1) is 15.0. The Hall–Kier alpha value is -1.01. The molecule has 0 saturated carbocycles. The molecule has 0 fully saturated rings. The average molecular weight is 274 g/mol. The van der Waals surface area contributed by atoms with E-state index in [9.17, 15) is 12.8 Å². The molecule has 1 aromatic heterocycles. The van der Waals surface area contributed by atoms with Crippen molar-refractivity contribution < 1.29 is 12.8 Å². The smallest absolute Gasteiger partial charge is 0.241 e. The molecule has 0 aliphatic heterocycles. The maximum absolute atomic E-state index is 13.4. The molecule has 1 aromatic rings. The van der Waals surface area contributed by atoms with Crippen molar-refractivity contribution in [1.82, 2.24) is 9.71 Å². The maximum atomic E-state index is 13.4. The van der Waals surface area contributed by atoms with Gasteiger partial charge in [-0.1, -0.05) is 26.2 Å². The first-order valence-corrected chi connectivity index (χ1v) is 7.58. The quantitative estimate of drug-likeness (QED) is 0.777. The van der Waals surface area contributed by atoms with Crippen molar-refractivity contribution in [2.75, 3.05) is 0 Å². The molecule has 0 aromatic carbocycles. The van der Waals surface area contributed by atoms with Crippen LogP contribution in [0.1, 0.15) is 39.5 Å². The summed E-state index contributed by atoms with van der Waals surface area (Å²) in [5.74, 6) is -0.828. The Morgan fingerprint density at radius 3 is 2.78 bits per heavy atom. The van der Waals surface area contributed by atoms with E-state index in [4.69, 9.17) is 0 Å². The van der Waals surface area contributed by atoms with Crippen molar-refractivity contribution in [2.45, 2.75) is 50.6 Å². The molecule has 0 spiro atoms. The standard InChI is InChI=1S/C12H19FN2O2S/c1-3-4-5-7-10(2)15-18(16,17)12-11(13)8-6-9-14-12/h6,8-10,15H,3-5,7H2,1-2H3. The highest BCUT2D eigenvalue weighted by molar-refractivity contribution is 7.89. The van der Waals surface area contributed by atoms with Gasteiger partial charge in [0.2, 0.25) is 5.03 Å². The molecular weight excluding hydrogens is 255 g/mol. The van der Waals surface area contributed by atoms with E-state index in [0.717, 1.165) is 31.7 Å². The summed E-state index contributed by atoms with van der Waals surface area (Å²) in [7, 11) is -3.86. The zero-order chi connectivity index (χ0) is 13.6. The molecule has 0 aliphatic rings. The lowest BCUT2D eigenvalue weighted by molar-refractivity contribution is 0.513. The number of pyridine rings is 1. The van der Waals surface area contributed by atoms with Gasteiger partial charge in [0.1, 0.15) is 0 Å². The minimum absolute atomic E-state index is 0.219. The van der Waals surface area contributed by atoms with Crippen LogP contribution in [0.25, 0.3) is 0 Å². The number of sulfonamides is 1. The van der Waals surface area contributed by atoms with Crippen molar-refractivity contribution in [1.29, 1.82) is 0 Å². The summed E-state index contributed by atoms with van der Waals surface area (Å²) in [6.45, 7) is 3.85. The van der Waals surface area contributed by atoms with Crippen LogP contribution in [0.3, 0.4) is 0 Å². The molecule has 18 heavy (non-hydrogen) atoms. The number of hydrogen-bond acceptors (Lipinski definition) is 3. The SMILES string of the molecule is CCCCCC(C)NS(=O)(=O)c1ncccc1F. The van der Waals surface area contributed by atoms with Crippen molar-refractivity contribution in [3.05, 3.63) is 24.1 Å². The van der Waals surface area contributed by atoms with Crippen LogP contribution in [0.2, 0.25) is 0 Å². The Labute approximate surface area is 108 Å². The number of unbranched alkanes of at least 4 members (excludes halogenated alkanes) is 2. The van der Waals surface area contributed by atoms with Crippen LogP contribution in [-0.4, -0.2) is 19.4 Å². The van der Waals surface area contributed by atoms with Gasteiger partial charge >= 0.3 is 0 Å². The van der Waals surface area contributed by atoms with E-state index in [1.807, 2.05) is 0 Å². The molecule has 0 amide bonds. The second-order valence-electron chi connectivity index (χ2n) is 4.31. The molecule has 1 heterocycles. The van der Waals surface area contributed by atoms with Gasteiger partial charge in [0.15, 0.2) is 5.82 Å². The summed E-state index contributed by atoms with van der Waals surface area (Å²) in [5.41, 5.74) is 0. The minimum Gasteiger partial charge on any atom is -0.241 e. The Morgan fingerprint density at radius 2 is 2.17 bits per heavy atom. The first-order valence-electron chi connectivity index (χ1n) is 6.10. The predicted molar refractivity (Wildman–Crippen MR) is 68.1 cm³/mol. The highest BCUT2D eigenvalue weighted by Gasteiger charge is 2.22. The fourth-order valence-electron chi connectivity index (χ4n) is 1.65. The highest BCUT2D eigenvalue weighted by Crippen LogP contribution is 2.12. The van der Waals surface area contributed by atoms with Gasteiger partial charge in [-0.2, -0.15) is 0 Å². The van der Waals surface area contributed by atoms with Crippen molar-refractivity contribution in [3.63, 3.8) is 0 Å². The van der Waals surface area contributed by atoms with Gasteiger partial charge in [-0.05, 0) is 25.5 Å². The Bertz CT molecular complexity index is 477. The maximum Gasteiger partial charge on any atom is 0.261 e. The summed E-state index contributed by atoms with van der Waals surface area (Å²) in [5, 5.41) is -0.535. The van der Waals surface area contributed by atoms with E-state index in [2.05, 4.69) is 16.6 Å².